The van der Waals surface area contributed by atoms with E-state index in [0.717, 1.165) is 0 Å². The largest absolute Gasteiger partial charge is 0.469 e. The number of benzene rings is 2. The molecule has 2 aromatic carbocycles. The first-order valence-electron chi connectivity index (χ1n) is 9.21. The van der Waals surface area contributed by atoms with E-state index < -0.39 is 23.4 Å². The minimum atomic E-state index is -1.46. The molecule has 0 radical (unpaired) electrons. The number of oxime groups is 1. The Bertz CT molecular complexity index is 1100. The number of carbonyl (C=O) groups excluding carboxylic acids is 2. The highest BCUT2D eigenvalue weighted by Crippen LogP contribution is 2.48. The van der Waals surface area contributed by atoms with Gasteiger partial charge in [0.2, 0.25) is 0 Å². The molecule has 1 aliphatic rings. The van der Waals surface area contributed by atoms with Gasteiger partial charge in [0.05, 0.1) is 19.4 Å². The SMILES string of the molecule is COC(=O)CC1(c2ccc(C(=N)N)cc2)ON=C(C(N)=O)C1c1cccc(C(=N)N)c1. The molecule has 0 saturated carbocycles. The summed E-state index contributed by atoms with van der Waals surface area (Å²) < 4.78 is 4.87. The Morgan fingerprint density at radius 3 is 2.26 bits per heavy atom. The van der Waals surface area contributed by atoms with Gasteiger partial charge in [0.1, 0.15) is 11.7 Å². The highest BCUT2D eigenvalue weighted by Gasteiger charge is 2.54. The Morgan fingerprint density at radius 1 is 1.06 bits per heavy atom. The number of carbonyl (C=O) groups is 2. The zero-order valence-electron chi connectivity index (χ0n) is 16.7. The summed E-state index contributed by atoms with van der Waals surface area (Å²) in [5, 5.41) is 19.2. The lowest BCUT2D eigenvalue weighted by molar-refractivity contribution is -0.149. The van der Waals surface area contributed by atoms with Gasteiger partial charge in [-0.3, -0.25) is 20.4 Å². The summed E-state index contributed by atoms with van der Waals surface area (Å²) in [6.45, 7) is 0. The Kier molecular flexibility index (Phi) is 5.73. The van der Waals surface area contributed by atoms with Crippen LogP contribution >= 0.6 is 0 Å². The molecule has 8 N–H and O–H groups in total. The molecule has 0 saturated heterocycles. The van der Waals surface area contributed by atoms with E-state index in [1.54, 1.807) is 48.5 Å². The fourth-order valence-corrected chi connectivity index (χ4v) is 3.63. The molecule has 1 heterocycles. The van der Waals surface area contributed by atoms with E-state index >= 15 is 0 Å². The highest BCUT2D eigenvalue weighted by atomic mass is 16.7. The van der Waals surface area contributed by atoms with Crippen molar-refractivity contribution < 1.29 is 19.2 Å². The lowest BCUT2D eigenvalue weighted by Crippen LogP contribution is -2.41. The van der Waals surface area contributed by atoms with Crippen LogP contribution < -0.4 is 17.2 Å². The molecule has 31 heavy (non-hydrogen) atoms. The third-order valence-electron chi connectivity index (χ3n) is 5.15. The van der Waals surface area contributed by atoms with Gasteiger partial charge in [0.25, 0.3) is 5.91 Å². The van der Waals surface area contributed by atoms with Crippen molar-refractivity contribution in [1.29, 1.82) is 10.8 Å². The lowest BCUT2D eigenvalue weighted by Gasteiger charge is -2.33. The molecule has 0 aliphatic carbocycles. The maximum atomic E-state index is 12.4. The molecule has 3 rings (SSSR count). The zero-order valence-corrected chi connectivity index (χ0v) is 16.7. The summed E-state index contributed by atoms with van der Waals surface area (Å²) in [5.74, 6) is -2.58. The normalized spacial score (nSPS) is 19.8. The summed E-state index contributed by atoms with van der Waals surface area (Å²) >= 11 is 0. The fraction of sp³-hybridized carbons (Fsp3) is 0.190. The average Bonchev–Trinajstić information content (AvgIpc) is 3.14. The van der Waals surface area contributed by atoms with Gasteiger partial charge in [0.15, 0.2) is 11.3 Å². The number of primary amides is 1. The quantitative estimate of drug-likeness (QED) is 0.247. The van der Waals surface area contributed by atoms with Crippen molar-refractivity contribution in [3.05, 3.63) is 70.8 Å². The number of nitrogens with zero attached hydrogens (tertiary/aromatic N) is 1. The molecule has 1 amide bonds. The maximum Gasteiger partial charge on any atom is 0.310 e. The van der Waals surface area contributed by atoms with Crippen LogP contribution in [0.25, 0.3) is 0 Å². The monoisotopic (exact) mass is 422 g/mol. The molecule has 0 fully saturated rings. The van der Waals surface area contributed by atoms with Crippen LogP contribution in [0.5, 0.6) is 0 Å². The second-order valence-electron chi connectivity index (χ2n) is 7.04. The first kappa shape index (κ1) is 21.5. The second-order valence-corrected chi connectivity index (χ2v) is 7.04. The summed E-state index contributed by atoms with van der Waals surface area (Å²) in [6, 6.07) is 13.1. The Morgan fingerprint density at radius 2 is 1.71 bits per heavy atom. The lowest BCUT2D eigenvalue weighted by atomic mass is 9.72. The van der Waals surface area contributed by atoms with Gasteiger partial charge in [-0.25, -0.2) is 0 Å². The van der Waals surface area contributed by atoms with Crippen molar-refractivity contribution in [1.82, 2.24) is 0 Å². The first-order valence-corrected chi connectivity index (χ1v) is 9.21. The number of amides is 1. The number of hydrogen-bond donors (Lipinski definition) is 5. The third kappa shape index (κ3) is 3.95. The molecular formula is C21H22N6O4. The van der Waals surface area contributed by atoms with Crippen LogP contribution in [0.4, 0.5) is 0 Å². The molecule has 0 bridgehead atoms. The van der Waals surface area contributed by atoms with Crippen molar-refractivity contribution in [2.24, 2.45) is 22.4 Å². The van der Waals surface area contributed by atoms with Crippen molar-refractivity contribution in [2.75, 3.05) is 7.11 Å². The standard InChI is InChI=1S/C21H22N6O4/c1-30-15(28)10-21(14-7-5-11(6-8-14)18(22)23)16(17(20(26)29)27-31-21)12-3-2-4-13(9-12)19(24)25/h2-9,16H,10H2,1H3,(H3,22,23)(H3,24,25)(H2,26,29). The summed E-state index contributed by atoms with van der Waals surface area (Å²) in [5.41, 5.74) is 17.1. The molecule has 0 aromatic heterocycles. The molecule has 10 heteroatoms. The van der Waals surface area contributed by atoms with Gasteiger partial charge < -0.3 is 26.8 Å². The molecular weight excluding hydrogens is 400 g/mol. The van der Waals surface area contributed by atoms with E-state index in [4.69, 9.17) is 37.6 Å². The molecule has 2 atom stereocenters. The fourth-order valence-electron chi connectivity index (χ4n) is 3.63. The van der Waals surface area contributed by atoms with Crippen LogP contribution in [0.3, 0.4) is 0 Å². The topological polar surface area (TPSA) is 191 Å². The minimum Gasteiger partial charge on any atom is -0.469 e. The predicted octanol–water partition coefficient (Wildman–Crippen LogP) is 0.668. The van der Waals surface area contributed by atoms with Crippen LogP contribution in [0.1, 0.15) is 34.6 Å². The van der Waals surface area contributed by atoms with Gasteiger partial charge in [-0.1, -0.05) is 47.6 Å². The van der Waals surface area contributed by atoms with Crippen molar-refractivity contribution in [3.63, 3.8) is 0 Å². The van der Waals surface area contributed by atoms with E-state index in [1.807, 2.05) is 0 Å². The summed E-state index contributed by atoms with van der Waals surface area (Å²) in [6.07, 6.45) is -0.280. The molecule has 0 spiro atoms. The van der Waals surface area contributed by atoms with E-state index in [0.29, 0.717) is 22.3 Å². The highest BCUT2D eigenvalue weighted by molar-refractivity contribution is 6.41. The summed E-state index contributed by atoms with van der Waals surface area (Å²) in [7, 11) is 1.24. The Balaban J connectivity index is 2.23. The Hall–Kier alpha value is -4.21. The van der Waals surface area contributed by atoms with Gasteiger partial charge >= 0.3 is 5.97 Å². The summed E-state index contributed by atoms with van der Waals surface area (Å²) in [4.78, 5) is 30.3. The zero-order chi connectivity index (χ0) is 22.8. The Labute approximate surface area is 178 Å². The van der Waals surface area contributed by atoms with Crippen LogP contribution in [0.2, 0.25) is 0 Å². The molecule has 2 aromatic rings. The number of ether oxygens (including phenoxy) is 1. The first-order chi connectivity index (χ1) is 14.7. The molecule has 160 valence electrons. The number of nitrogen functional groups attached to an aromatic ring is 2. The van der Waals surface area contributed by atoms with Crippen LogP contribution in [0.15, 0.2) is 53.7 Å². The van der Waals surface area contributed by atoms with Gasteiger partial charge in [-0.05, 0) is 17.2 Å². The van der Waals surface area contributed by atoms with Gasteiger partial charge in [-0.15, -0.1) is 0 Å². The number of methoxy groups -OCH3 is 1. The molecule has 10 nitrogen and oxygen atoms in total. The predicted molar refractivity (Wildman–Crippen MR) is 114 cm³/mol. The smallest absolute Gasteiger partial charge is 0.310 e. The number of amidine groups is 2. The number of hydrogen-bond acceptors (Lipinski definition) is 7. The maximum absolute atomic E-state index is 12.4. The number of nitrogens with two attached hydrogens (primary N) is 3. The van der Waals surface area contributed by atoms with Gasteiger partial charge in [-0.2, -0.15) is 0 Å². The van der Waals surface area contributed by atoms with Gasteiger partial charge in [0, 0.05) is 11.1 Å². The average molecular weight is 422 g/mol. The number of rotatable bonds is 7. The minimum absolute atomic E-state index is 0.0831. The molecule has 1 aliphatic heterocycles. The van der Waals surface area contributed by atoms with E-state index in [1.165, 1.54) is 7.11 Å². The van der Waals surface area contributed by atoms with E-state index in [-0.39, 0.29) is 23.8 Å². The van der Waals surface area contributed by atoms with Crippen molar-refractivity contribution in [3.8, 4) is 0 Å². The van der Waals surface area contributed by atoms with Crippen molar-refractivity contribution >= 4 is 29.3 Å². The van der Waals surface area contributed by atoms with Crippen LogP contribution in [-0.4, -0.2) is 36.4 Å². The van der Waals surface area contributed by atoms with Crippen LogP contribution in [-0.2, 0) is 24.8 Å². The van der Waals surface area contributed by atoms with E-state index in [9.17, 15) is 9.59 Å². The number of esters is 1. The number of nitrogens with one attached hydrogen (secondary N) is 2. The van der Waals surface area contributed by atoms with Crippen molar-refractivity contribution in [2.45, 2.75) is 17.9 Å². The van der Waals surface area contributed by atoms with E-state index in [2.05, 4.69) is 5.16 Å². The third-order valence-corrected chi connectivity index (χ3v) is 5.15. The molecule has 2 unspecified atom stereocenters. The second kappa shape index (κ2) is 8.27. The van der Waals surface area contributed by atoms with Crippen LogP contribution in [0, 0.1) is 10.8 Å².